The van der Waals surface area contributed by atoms with Crippen molar-refractivity contribution in [3.05, 3.63) is 320 Å². The first-order chi connectivity index (χ1) is 46.1. The number of benzene rings is 10. The van der Waals surface area contributed by atoms with Crippen LogP contribution >= 0.6 is 0 Å². The highest BCUT2D eigenvalue weighted by atomic mass is 19.4. The van der Waals surface area contributed by atoms with Crippen LogP contribution in [0.5, 0.6) is 0 Å². The first kappa shape index (κ1) is 56.4. The summed E-state index contributed by atoms with van der Waals surface area (Å²) in [6, 6.07) is 96.8. The molecule has 94 heavy (non-hydrogen) atoms. The van der Waals surface area contributed by atoms with Crippen molar-refractivity contribution < 1.29 is 13.2 Å². The van der Waals surface area contributed by atoms with E-state index in [1.807, 2.05) is 276 Å². The molecule has 6 heterocycles. The summed E-state index contributed by atoms with van der Waals surface area (Å²) in [4.78, 5) is 24.7. The van der Waals surface area contributed by atoms with Crippen LogP contribution in [0.2, 0.25) is 0 Å². The Morgan fingerprint density at radius 3 is 0.883 bits per heavy atom. The molecule has 0 amide bonds. The van der Waals surface area contributed by atoms with E-state index in [4.69, 9.17) is 26.5 Å². The lowest BCUT2D eigenvalue weighted by Crippen LogP contribution is -2.11. The normalized spacial score (nSPS) is 11.5. The number of rotatable bonds is 11. The van der Waals surface area contributed by atoms with Gasteiger partial charge in [-0.2, -0.15) is 18.4 Å². The molecule has 8 nitrogen and oxygen atoms in total. The average Bonchev–Trinajstić information content (AvgIpc) is 0.988. The van der Waals surface area contributed by atoms with E-state index >= 15 is 13.2 Å². The SMILES string of the molecule is [C-]#[N+]c1cccc(C(F)(F)F)c1-c1c(-n2c3cc(-c4cccc(-c5ccccc5)n4)ccc3c3ccc(-c4cccc(-c5ccccc5)n4)cc32)cc(C#N)cc1-n1c2cc(-c3cccc(-c4ccccc4)n3)ccc2c2ccc(-c3cccc(-c4ccccc4)n3)cc21. The largest absolute Gasteiger partial charge is 0.415 e. The first-order valence-corrected chi connectivity index (χ1v) is 30.6. The van der Waals surface area contributed by atoms with Gasteiger partial charge in [-0.05, 0) is 84.9 Å². The van der Waals surface area contributed by atoms with E-state index in [0.29, 0.717) is 44.8 Å². The van der Waals surface area contributed by atoms with Gasteiger partial charge in [0.05, 0.1) is 103 Å². The third-order valence-corrected chi connectivity index (χ3v) is 17.4. The van der Waals surface area contributed by atoms with Crippen LogP contribution in [0.3, 0.4) is 0 Å². The molecule has 0 saturated heterocycles. The van der Waals surface area contributed by atoms with Crippen molar-refractivity contribution in [1.82, 2.24) is 29.1 Å². The first-order valence-electron chi connectivity index (χ1n) is 30.6. The predicted molar refractivity (Wildman–Crippen MR) is 371 cm³/mol. The highest BCUT2D eigenvalue weighted by Gasteiger charge is 2.37. The Bertz CT molecular complexity index is 5160. The second-order valence-electron chi connectivity index (χ2n) is 23.0. The quantitative estimate of drug-likeness (QED) is 0.120. The van der Waals surface area contributed by atoms with Crippen LogP contribution in [0.25, 0.3) is 161 Å². The summed E-state index contributed by atoms with van der Waals surface area (Å²) in [7, 11) is 0. The fourth-order valence-electron chi connectivity index (χ4n) is 13.1. The molecule has 16 aromatic rings. The maximum absolute atomic E-state index is 16.5. The van der Waals surface area contributed by atoms with Crippen LogP contribution in [-0.2, 0) is 6.18 Å². The molecular weight excluding hydrogens is 1170 g/mol. The fourth-order valence-corrected chi connectivity index (χ4v) is 13.1. The van der Waals surface area contributed by atoms with Crippen molar-refractivity contribution in [2.75, 3.05) is 0 Å². The second-order valence-corrected chi connectivity index (χ2v) is 23.0. The Hall–Kier alpha value is -12.8. The number of fused-ring (bicyclic) bond motifs is 6. The van der Waals surface area contributed by atoms with Gasteiger partial charge in [0.1, 0.15) is 0 Å². The number of halogens is 3. The standard InChI is InChI=1S/C83H49F3N8/c1-88-74-36-14-27-65(83(84,85)86)81(74)82-79(93-75-47-57(70-32-15-28-66(89-70)53-19-6-2-7-20-53)37-41-61(75)62-42-38-58(48-76(62)93)71-33-16-29-67(90-71)54-21-8-3-9-22-54)45-52(51-87)46-80(82)94-77-49-59(72-34-17-30-68(91-72)55-23-10-4-11-24-55)39-43-63(77)64-44-40-60(50-78(64)94)73-35-18-31-69(92-73)56-25-12-5-13-26-56/h2-50H. The van der Waals surface area contributed by atoms with Crippen molar-refractivity contribution in [2.45, 2.75) is 6.18 Å². The van der Waals surface area contributed by atoms with Gasteiger partial charge >= 0.3 is 6.18 Å². The number of alkyl halides is 3. The summed E-state index contributed by atoms with van der Waals surface area (Å²) in [5, 5.41) is 14.7. The topological polar surface area (TPSA) is 89.6 Å². The van der Waals surface area contributed by atoms with Gasteiger partial charge in [-0.1, -0.05) is 212 Å². The summed E-state index contributed by atoms with van der Waals surface area (Å²) in [6.45, 7) is 8.80. The number of hydrogen-bond donors (Lipinski definition) is 0. The molecule has 0 bridgehead atoms. The van der Waals surface area contributed by atoms with E-state index in [1.165, 1.54) is 12.1 Å². The summed E-state index contributed by atoms with van der Waals surface area (Å²) in [6.07, 6.45) is -4.98. The van der Waals surface area contributed by atoms with Gasteiger partial charge in [-0.15, -0.1) is 0 Å². The molecule has 6 aromatic heterocycles. The summed E-state index contributed by atoms with van der Waals surface area (Å²) >= 11 is 0. The highest BCUT2D eigenvalue weighted by Crippen LogP contribution is 2.51. The molecule has 10 aromatic carbocycles. The molecule has 0 aliphatic carbocycles. The van der Waals surface area contributed by atoms with Crippen LogP contribution in [0.15, 0.2) is 297 Å². The van der Waals surface area contributed by atoms with E-state index < -0.39 is 11.7 Å². The maximum Gasteiger partial charge on any atom is 0.415 e. The molecule has 0 saturated carbocycles. The number of nitriles is 1. The molecule has 0 radical (unpaired) electrons. The lowest BCUT2D eigenvalue weighted by atomic mass is 9.92. The molecule has 11 heteroatoms. The van der Waals surface area contributed by atoms with Gasteiger partial charge in [0.2, 0.25) is 0 Å². The van der Waals surface area contributed by atoms with Gasteiger partial charge in [0.15, 0.2) is 5.69 Å². The fraction of sp³-hybridized carbons (Fsp3) is 0.0120. The number of hydrogen-bond acceptors (Lipinski definition) is 5. The minimum atomic E-state index is -4.98. The van der Waals surface area contributed by atoms with E-state index in [1.54, 1.807) is 12.1 Å². The van der Waals surface area contributed by atoms with E-state index in [2.05, 4.69) is 10.9 Å². The Kier molecular flexibility index (Phi) is 13.9. The summed E-state index contributed by atoms with van der Waals surface area (Å²) < 4.78 is 53.6. The minimum absolute atomic E-state index is 0.0592. The van der Waals surface area contributed by atoms with Gasteiger partial charge < -0.3 is 9.13 Å². The molecule has 0 N–H and O–H groups in total. The molecule has 0 aliphatic rings. The van der Waals surface area contributed by atoms with E-state index in [-0.39, 0.29) is 33.8 Å². The van der Waals surface area contributed by atoms with Crippen LogP contribution in [0.4, 0.5) is 18.9 Å². The van der Waals surface area contributed by atoms with Gasteiger partial charge in [-0.25, -0.2) is 24.8 Å². The van der Waals surface area contributed by atoms with Crippen LogP contribution < -0.4 is 0 Å². The zero-order valence-electron chi connectivity index (χ0n) is 50.0. The minimum Gasteiger partial charge on any atom is -0.309 e. The average molecular weight is 1220 g/mol. The van der Waals surface area contributed by atoms with Gasteiger partial charge in [0.25, 0.3) is 0 Å². The molecule has 0 atom stereocenters. The number of pyridine rings is 4. The monoisotopic (exact) mass is 1210 g/mol. The van der Waals surface area contributed by atoms with Crippen LogP contribution in [-0.4, -0.2) is 29.1 Å². The third kappa shape index (κ3) is 10.1. The van der Waals surface area contributed by atoms with E-state index in [0.717, 1.165) is 94.9 Å². The predicted octanol–water partition coefficient (Wildman–Crippen LogP) is 21.9. The summed E-state index contributed by atoms with van der Waals surface area (Å²) in [5.74, 6) is 0. The Labute approximate surface area is 538 Å². The Balaban J connectivity index is 1.04. The second kappa shape index (κ2) is 23.2. The van der Waals surface area contributed by atoms with Crippen molar-refractivity contribution in [3.63, 3.8) is 0 Å². The molecule has 0 fully saturated rings. The Morgan fingerprint density at radius 2 is 0.606 bits per heavy atom. The van der Waals surface area contributed by atoms with Crippen molar-refractivity contribution in [3.8, 4) is 119 Å². The smallest absolute Gasteiger partial charge is 0.309 e. The van der Waals surface area contributed by atoms with Crippen molar-refractivity contribution in [2.24, 2.45) is 0 Å². The van der Waals surface area contributed by atoms with Crippen molar-refractivity contribution >= 4 is 49.3 Å². The number of nitrogens with zero attached hydrogens (tertiary/aromatic N) is 8. The zero-order chi connectivity index (χ0) is 63.4. The van der Waals surface area contributed by atoms with Gasteiger partial charge in [-0.3, -0.25) is 0 Å². The summed E-state index contributed by atoms with van der Waals surface area (Å²) in [5.41, 5.74) is 13.8. The molecule has 0 aliphatic heterocycles. The third-order valence-electron chi connectivity index (χ3n) is 17.4. The van der Waals surface area contributed by atoms with Crippen LogP contribution in [0, 0.1) is 17.9 Å². The molecule has 0 unspecified atom stereocenters. The lowest BCUT2D eigenvalue weighted by Gasteiger charge is -2.24. The van der Waals surface area contributed by atoms with Gasteiger partial charge in [0, 0.05) is 77.2 Å². The maximum atomic E-state index is 16.5. The Morgan fingerprint density at radius 1 is 0.319 bits per heavy atom. The molecule has 0 spiro atoms. The molecule has 16 rings (SSSR count). The lowest BCUT2D eigenvalue weighted by molar-refractivity contribution is -0.137. The molecule has 442 valence electrons. The van der Waals surface area contributed by atoms with E-state index in [9.17, 15) is 5.26 Å². The van der Waals surface area contributed by atoms with Crippen LogP contribution in [0.1, 0.15) is 11.1 Å². The van der Waals surface area contributed by atoms with Crippen molar-refractivity contribution in [1.29, 1.82) is 5.26 Å². The zero-order valence-corrected chi connectivity index (χ0v) is 50.0. The number of aromatic nitrogens is 6. The highest BCUT2D eigenvalue weighted by molar-refractivity contribution is 6.14. The molecular formula is C83H49F3N8.